The van der Waals surface area contributed by atoms with Crippen molar-refractivity contribution in [3.05, 3.63) is 131 Å². The molecule has 0 bridgehead atoms. The minimum atomic E-state index is -2.37. The van der Waals surface area contributed by atoms with Crippen LogP contribution in [0, 0.1) is 6.85 Å². The van der Waals surface area contributed by atoms with E-state index in [9.17, 15) is 0 Å². The minimum Gasteiger partial charge on any atom is -0.455 e. The zero-order valence-corrected chi connectivity index (χ0v) is 32.8. The molecule has 53 heavy (non-hydrogen) atoms. The first-order valence-electron chi connectivity index (χ1n) is 20.5. The first-order chi connectivity index (χ1) is 26.3. The van der Waals surface area contributed by atoms with Crippen molar-refractivity contribution in [3.63, 3.8) is 0 Å². The lowest BCUT2D eigenvalue weighted by Crippen LogP contribution is -2.16. The Morgan fingerprint density at radius 2 is 1.23 bits per heavy atom. The van der Waals surface area contributed by atoms with Crippen LogP contribution in [-0.2, 0) is 10.8 Å². The standard InChI is InChI=1S/C50H52N2O/c1-29(2)41-26-34(33-24-35(49(6,7)8)28-36(25-33)50(9,10)11)27-42(30(3)4)45(41)52-44-31(5)16-14-21-43(44)51-48(52)40-20-15-19-38-39-23-22-32-17-12-13-18-37(32)46(39)53-47(38)40/h12-30H,1-11H3/i5D3. The quantitative estimate of drug-likeness (QED) is 0.179. The molecular formula is C50H52N2O. The molecule has 0 N–H and O–H groups in total. The van der Waals surface area contributed by atoms with E-state index in [0.29, 0.717) is 16.9 Å². The molecule has 0 fully saturated rings. The van der Waals surface area contributed by atoms with Crippen molar-refractivity contribution in [2.24, 2.45) is 0 Å². The Hall–Kier alpha value is -5.15. The van der Waals surface area contributed by atoms with Crippen molar-refractivity contribution in [1.82, 2.24) is 9.55 Å². The predicted octanol–water partition coefficient (Wildman–Crippen LogP) is 14.6. The van der Waals surface area contributed by atoms with E-state index in [-0.39, 0.29) is 28.2 Å². The highest BCUT2D eigenvalue weighted by molar-refractivity contribution is 6.17. The fourth-order valence-electron chi connectivity index (χ4n) is 7.87. The molecule has 0 saturated carbocycles. The summed E-state index contributed by atoms with van der Waals surface area (Å²) >= 11 is 0. The van der Waals surface area contributed by atoms with E-state index in [1.165, 1.54) is 16.7 Å². The van der Waals surface area contributed by atoms with Gasteiger partial charge in [-0.25, -0.2) is 4.98 Å². The number of hydrogen-bond acceptors (Lipinski definition) is 2. The number of hydrogen-bond donors (Lipinski definition) is 0. The van der Waals surface area contributed by atoms with Gasteiger partial charge in [-0.3, -0.25) is 4.57 Å². The fraction of sp³-hybridized carbons (Fsp3) is 0.300. The van der Waals surface area contributed by atoms with E-state index < -0.39 is 6.85 Å². The Morgan fingerprint density at radius 3 is 1.87 bits per heavy atom. The summed E-state index contributed by atoms with van der Waals surface area (Å²) in [7, 11) is 0. The summed E-state index contributed by atoms with van der Waals surface area (Å²) in [5.74, 6) is 0.870. The molecule has 0 aliphatic carbocycles. The van der Waals surface area contributed by atoms with Gasteiger partial charge < -0.3 is 4.42 Å². The van der Waals surface area contributed by atoms with E-state index >= 15 is 0 Å². The van der Waals surface area contributed by atoms with Crippen LogP contribution in [0.2, 0.25) is 0 Å². The van der Waals surface area contributed by atoms with Crippen LogP contribution in [0.3, 0.4) is 0 Å². The van der Waals surface area contributed by atoms with E-state index in [2.05, 4.69) is 147 Å². The average Bonchev–Trinajstić information content (AvgIpc) is 3.72. The van der Waals surface area contributed by atoms with Crippen LogP contribution < -0.4 is 0 Å². The van der Waals surface area contributed by atoms with Crippen molar-refractivity contribution < 1.29 is 8.53 Å². The Bertz CT molecular complexity index is 2760. The van der Waals surface area contributed by atoms with Gasteiger partial charge in [0.25, 0.3) is 0 Å². The summed E-state index contributed by atoms with van der Waals surface area (Å²) in [6.45, 7) is 20.2. The van der Waals surface area contributed by atoms with Crippen molar-refractivity contribution in [3.8, 4) is 28.2 Å². The zero-order chi connectivity index (χ0) is 40.1. The Balaban J connectivity index is 1.50. The lowest BCUT2D eigenvalue weighted by molar-refractivity contribution is 0.569. The third-order valence-electron chi connectivity index (χ3n) is 10.9. The van der Waals surface area contributed by atoms with Crippen LogP contribution >= 0.6 is 0 Å². The molecule has 0 radical (unpaired) electrons. The van der Waals surface area contributed by atoms with Crippen LogP contribution in [0.15, 0.2) is 108 Å². The van der Waals surface area contributed by atoms with Crippen LogP contribution in [0.4, 0.5) is 0 Å². The van der Waals surface area contributed by atoms with Crippen LogP contribution in [0.1, 0.15) is 113 Å². The second-order valence-electron chi connectivity index (χ2n) is 17.5. The van der Waals surface area contributed by atoms with Crippen molar-refractivity contribution in [2.75, 3.05) is 0 Å². The van der Waals surface area contributed by atoms with Crippen molar-refractivity contribution >= 4 is 43.7 Å². The summed E-state index contributed by atoms with van der Waals surface area (Å²) < 4.78 is 35.3. The molecule has 8 aromatic rings. The monoisotopic (exact) mass is 699 g/mol. The number of benzene rings is 6. The number of fused-ring (bicyclic) bond motifs is 6. The number of imidazole rings is 1. The molecule has 3 nitrogen and oxygen atoms in total. The Morgan fingerprint density at radius 1 is 0.623 bits per heavy atom. The van der Waals surface area contributed by atoms with Crippen LogP contribution in [-0.4, -0.2) is 9.55 Å². The largest absolute Gasteiger partial charge is 0.455 e. The van der Waals surface area contributed by atoms with Crippen LogP contribution in [0.5, 0.6) is 0 Å². The number of aromatic nitrogens is 2. The molecule has 268 valence electrons. The molecule has 2 aromatic heterocycles. The van der Waals surface area contributed by atoms with E-state index in [1.807, 2.05) is 24.3 Å². The summed E-state index contributed by atoms with van der Waals surface area (Å²) in [4.78, 5) is 5.33. The molecule has 6 aromatic carbocycles. The number of aryl methyl sites for hydroxylation is 1. The highest BCUT2D eigenvalue weighted by atomic mass is 16.3. The summed E-state index contributed by atoms with van der Waals surface area (Å²) in [5, 5.41) is 4.19. The minimum absolute atomic E-state index is 0.0298. The maximum absolute atomic E-state index is 8.75. The smallest absolute Gasteiger partial charge is 0.149 e. The van der Waals surface area contributed by atoms with Gasteiger partial charge in [0.05, 0.1) is 22.3 Å². The SMILES string of the molecule is [2H]C([2H])([2H])c1cccc2nc(-c3cccc4c3oc3c5ccccc5ccc43)n(-c3c(C(C)C)cc(-c4cc(C(C)(C)C)cc(C(C)(C)C)c4)cc3C(C)C)c12. The van der Waals surface area contributed by atoms with Gasteiger partial charge in [0, 0.05) is 20.3 Å². The molecule has 0 amide bonds. The topological polar surface area (TPSA) is 31.0 Å². The highest BCUT2D eigenvalue weighted by Crippen LogP contribution is 2.44. The fourth-order valence-corrected chi connectivity index (χ4v) is 7.87. The molecule has 0 atom stereocenters. The Kier molecular flexibility index (Phi) is 7.39. The van der Waals surface area contributed by atoms with Crippen molar-refractivity contribution in [2.45, 2.75) is 98.8 Å². The van der Waals surface area contributed by atoms with E-state index in [0.717, 1.165) is 60.7 Å². The van der Waals surface area contributed by atoms with Gasteiger partial charge in [-0.2, -0.15) is 0 Å². The molecule has 2 heterocycles. The first-order valence-corrected chi connectivity index (χ1v) is 19.0. The van der Waals surface area contributed by atoms with E-state index in [1.54, 1.807) is 6.07 Å². The molecule has 0 aliphatic heterocycles. The summed E-state index contributed by atoms with van der Waals surface area (Å²) in [6, 6.07) is 36.0. The Labute approximate surface area is 318 Å². The predicted molar refractivity (Wildman–Crippen MR) is 227 cm³/mol. The lowest BCUT2D eigenvalue weighted by Gasteiger charge is -2.28. The maximum atomic E-state index is 8.75. The number of rotatable bonds is 5. The molecule has 0 spiro atoms. The molecule has 0 saturated heterocycles. The highest BCUT2D eigenvalue weighted by Gasteiger charge is 2.27. The lowest BCUT2D eigenvalue weighted by atomic mass is 9.78. The summed E-state index contributed by atoms with van der Waals surface area (Å²) in [6.07, 6.45) is 0. The number of furan rings is 1. The molecule has 0 aliphatic rings. The zero-order valence-electron chi connectivity index (χ0n) is 35.8. The van der Waals surface area contributed by atoms with Gasteiger partial charge in [-0.15, -0.1) is 0 Å². The maximum Gasteiger partial charge on any atom is 0.149 e. The second-order valence-corrected chi connectivity index (χ2v) is 17.5. The number of para-hydroxylation sites is 2. The van der Waals surface area contributed by atoms with Crippen LogP contribution in [0.25, 0.3) is 71.9 Å². The molecule has 3 heteroatoms. The van der Waals surface area contributed by atoms with Crippen molar-refractivity contribution in [1.29, 1.82) is 0 Å². The summed E-state index contributed by atoms with van der Waals surface area (Å²) in [5.41, 5.74) is 12.0. The number of nitrogens with zero attached hydrogens (tertiary/aromatic N) is 2. The van der Waals surface area contributed by atoms with Gasteiger partial charge in [0.2, 0.25) is 0 Å². The van der Waals surface area contributed by atoms with Gasteiger partial charge in [-0.1, -0.05) is 142 Å². The average molecular weight is 700 g/mol. The van der Waals surface area contributed by atoms with E-state index in [4.69, 9.17) is 13.5 Å². The second kappa shape index (κ2) is 12.5. The normalized spacial score (nSPS) is 13.8. The van der Waals surface area contributed by atoms with Gasteiger partial charge in [-0.05, 0) is 104 Å². The molecule has 8 rings (SSSR count). The van der Waals surface area contributed by atoms with Gasteiger partial charge in [0.15, 0.2) is 0 Å². The van der Waals surface area contributed by atoms with Gasteiger partial charge in [0.1, 0.15) is 17.0 Å². The van der Waals surface area contributed by atoms with Gasteiger partial charge >= 0.3 is 0 Å². The third-order valence-corrected chi connectivity index (χ3v) is 10.9. The molecule has 0 unspecified atom stereocenters. The molecular weight excluding hydrogens is 645 g/mol. The third kappa shape index (κ3) is 5.86. The first kappa shape index (κ1) is 31.4.